The third-order valence-electron chi connectivity index (χ3n) is 3.33. The molecule has 0 unspecified atom stereocenters. The van der Waals surface area contributed by atoms with Gasteiger partial charge in [-0.15, -0.1) is 24.0 Å². The second kappa shape index (κ2) is 10.8. The summed E-state index contributed by atoms with van der Waals surface area (Å²) in [5.41, 5.74) is 1.11. The lowest BCUT2D eigenvalue weighted by Crippen LogP contribution is -2.38. The van der Waals surface area contributed by atoms with Gasteiger partial charge in [0.2, 0.25) is 0 Å². The van der Waals surface area contributed by atoms with Crippen LogP contribution in [0.15, 0.2) is 17.4 Å². The third kappa shape index (κ3) is 7.98. The molecule has 6 nitrogen and oxygen atoms in total. The number of halogens is 1. The largest absolute Gasteiger partial charge is 0.381 e. The van der Waals surface area contributed by atoms with E-state index in [4.69, 9.17) is 4.74 Å². The first-order valence-electron chi connectivity index (χ1n) is 7.85. The van der Waals surface area contributed by atoms with E-state index in [1.807, 2.05) is 19.4 Å². The van der Waals surface area contributed by atoms with Crippen molar-refractivity contribution < 1.29 is 4.74 Å². The molecule has 0 aliphatic heterocycles. The van der Waals surface area contributed by atoms with E-state index in [0.717, 1.165) is 50.2 Å². The second-order valence-electron chi connectivity index (χ2n) is 5.52. The van der Waals surface area contributed by atoms with Gasteiger partial charge >= 0.3 is 0 Å². The Morgan fingerprint density at radius 3 is 2.91 bits per heavy atom. The zero-order valence-corrected chi connectivity index (χ0v) is 15.9. The Hall–Kier alpha value is -0.830. The molecule has 1 fully saturated rings. The molecule has 2 rings (SSSR count). The van der Waals surface area contributed by atoms with Crippen molar-refractivity contribution in [2.24, 2.45) is 18.0 Å². The van der Waals surface area contributed by atoms with Gasteiger partial charge in [-0.2, -0.15) is 5.10 Å². The molecule has 0 saturated heterocycles. The van der Waals surface area contributed by atoms with Gasteiger partial charge in [0, 0.05) is 45.1 Å². The fourth-order valence-corrected chi connectivity index (χ4v) is 1.98. The average Bonchev–Trinajstić information content (AvgIpc) is 3.21. The molecule has 1 heterocycles. The Labute approximate surface area is 150 Å². The Morgan fingerprint density at radius 1 is 1.45 bits per heavy atom. The molecule has 0 atom stereocenters. The summed E-state index contributed by atoms with van der Waals surface area (Å²) in [4.78, 5) is 4.55. The molecule has 7 heteroatoms. The zero-order valence-electron chi connectivity index (χ0n) is 13.5. The van der Waals surface area contributed by atoms with Crippen LogP contribution in [0, 0.1) is 5.92 Å². The van der Waals surface area contributed by atoms with E-state index in [1.165, 1.54) is 12.8 Å². The van der Waals surface area contributed by atoms with Crippen molar-refractivity contribution in [3.63, 3.8) is 0 Å². The number of nitrogens with one attached hydrogen (secondary N) is 2. The van der Waals surface area contributed by atoms with Crippen LogP contribution in [-0.2, 0) is 18.3 Å². The van der Waals surface area contributed by atoms with Gasteiger partial charge in [0.25, 0.3) is 0 Å². The van der Waals surface area contributed by atoms with Crippen LogP contribution in [0.3, 0.4) is 0 Å². The molecule has 126 valence electrons. The SMILES string of the molecule is CCNC(=NCc1cnn(C)c1)NCCCOCC1CC1.I. The third-order valence-corrected chi connectivity index (χ3v) is 3.33. The molecule has 1 saturated carbocycles. The van der Waals surface area contributed by atoms with Crippen LogP contribution in [0.1, 0.15) is 31.7 Å². The minimum absolute atomic E-state index is 0. The van der Waals surface area contributed by atoms with Crippen LogP contribution in [-0.4, -0.2) is 42.0 Å². The van der Waals surface area contributed by atoms with E-state index in [-0.39, 0.29) is 24.0 Å². The quantitative estimate of drug-likeness (QED) is 0.277. The summed E-state index contributed by atoms with van der Waals surface area (Å²) in [5.74, 6) is 1.69. The molecule has 1 aliphatic rings. The average molecular weight is 421 g/mol. The van der Waals surface area contributed by atoms with Gasteiger partial charge in [-0.05, 0) is 32.1 Å². The molecule has 0 amide bonds. The molecule has 0 bridgehead atoms. The normalized spacial score (nSPS) is 14.5. The van der Waals surface area contributed by atoms with E-state index in [2.05, 4.69) is 27.6 Å². The molecule has 2 N–H and O–H groups in total. The van der Waals surface area contributed by atoms with Gasteiger partial charge in [0.1, 0.15) is 0 Å². The van der Waals surface area contributed by atoms with Gasteiger partial charge in [0.15, 0.2) is 5.96 Å². The Balaban J connectivity index is 0.00000242. The van der Waals surface area contributed by atoms with Crippen molar-refractivity contribution in [3.05, 3.63) is 18.0 Å². The maximum Gasteiger partial charge on any atom is 0.191 e. The Morgan fingerprint density at radius 2 is 2.27 bits per heavy atom. The number of aliphatic imine (C=N–C) groups is 1. The van der Waals surface area contributed by atoms with Crippen molar-refractivity contribution in [3.8, 4) is 0 Å². The summed E-state index contributed by atoms with van der Waals surface area (Å²) < 4.78 is 7.41. The van der Waals surface area contributed by atoms with Crippen molar-refractivity contribution in [1.29, 1.82) is 0 Å². The summed E-state index contributed by atoms with van der Waals surface area (Å²) in [5, 5.41) is 10.7. The molecule has 1 aromatic rings. The highest BCUT2D eigenvalue weighted by Crippen LogP contribution is 2.28. The van der Waals surface area contributed by atoms with E-state index in [0.29, 0.717) is 6.54 Å². The molecular formula is C15H28IN5O. The number of aromatic nitrogens is 2. The minimum atomic E-state index is 0. The predicted octanol–water partition coefficient (Wildman–Crippen LogP) is 1.91. The smallest absolute Gasteiger partial charge is 0.191 e. The minimum Gasteiger partial charge on any atom is -0.381 e. The van der Waals surface area contributed by atoms with Gasteiger partial charge in [0.05, 0.1) is 12.7 Å². The highest BCUT2D eigenvalue weighted by molar-refractivity contribution is 14.0. The number of aryl methyl sites for hydroxylation is 1. The van der Waals surface area contributed by atoms with Gasteiger partial charge < -0.3 is 15.4 Å². The number of nitrogens with zero attached hydrogens (tertiary/aromatic N) is 3. The lowest BCUT2D eigenvalue weighted by atomic mass is 10.4. The van der Waals surface area contributed by atoms with Crippen molar-refractivity contribution in [2.75, 3.05) is 26.3 Å². The first-order chi connectivity index (χ1) is 10.3. The fraction of sp³-hybridized carbons (Fsp3) is 0.733. The Kier molecular flexibility index (Phi) is 9.45. The topological polar surface area (TPSA) is 63.5 Å². The molecule has 1 aromatic heterocycles. The van der Waals surface area contributed by atoms with E-state index < -0.39 is 0 Å². The molecule has 0 aromatic carbocycles. The highest BCUT2D eigenvalue weighted by atomic mass is 127. The monoisotopic (exact) mass is 421 g/mol. The fourth-order valence-electron chi connectivity index (χ4n) is 1.98. The first kappa shape index (κ1) is 19.2. The maximum absolute atomic E-state index is 5.62. The van der Waals surface area contributed by atoms with Crippen LogP contribution in [0.4, 0.5) is 0 Å². The van der Waals surface area contributed by atoms with Crippen LogP contribution < -0.4 is 10.6 Å². The van der Waals surface area contributed by atoms with E-state index >= 15 is 0 Å². The maximum atomic E-state index is 5.62. The second-order valence-corrected chi connectivity index (χ2v) is 5.52. The van der Waals surface area contributed by atoms with E-state index in [1.54, 1.807) is 4.68 Å². The van der Waals surface area contributed by atoms with Crippen LogP contribution in [0.5, 0.6) is 0 Å². The summed E-state index contributed by atoms with van der Waals surface area (Å²) >= 11 is 0. The van der Waals surface area contributed by atoms with Crippen LogP contribution in [0.2, 0.25) is 0 Å². The van der Waals surface area contributed by atoms with Crippen molar-refractivity contribution >= 4 is 29.9 Å². The van der Waals surface area contributed by atoms with Crippen molar-refractivity contribution in [2.45, 2.75) is 32.7 Å². The molecule has 0 radical (unpaired) electrons. The van der Waals surface area contributed by atoms with Gasteiger partial charge in [-0.25, -0.2) is 4.99 Å². The van der Waals surface area contributed by atoms with Gasteiger partial charge in [-0.3, -0.25) is 4.68 Å². The first-order valence-corrected chi connectivity index (χ1v) is 7.85. The molecule has 0 spiro atoms. The summed E-state index contributed by atoms with van der Waals surface area (Å²) in [6.45, 7) is 6.21. The lowest BCUT2D eigenvalue weighted by molar-refractivity contribution is 0.123. The number of guanidine groups is 1. The number of hydrogen-bond donors (Lipinski definition) is 2. The summed E-state index contributed by atoms with van der Waals surface area (Å²) in [7, 11) is 1.91. The molecule has 22 heavy (non-hydrogen) atoms. The molecular weight excluding hydrogens is 393 g/mol. The van der Waals surface area contributed by atoms with Crippen LogP contribution in [0.25, 0.3) is 0 Å². The zero-order chi connectivity index (χ0) is 14.9. The predicted molar refractivity (Wildman–Crippen MR) is 99.6 cm³/mol. The number of hydrogen-bond acceptors (Lipinski definition) is 3. The summed E-state index contributed by atoms with van der Waals surface area (Å²) in [6, 6.07) is 0. The van der Waals surface area contributed by atoms with Crippen LogP contribution >= 0.6 is 24.0 Å². The van der Waals surface area contributed by atoms with Crippen molar-refractivity contribution in [1.82, 2.24) is 20.4 Å². The van der Waals surface area contributed by atoms with Gasteiger partial charge in [-0.1, -0.05) is 0 Å². The standard InChI is InChI=1S/C15H27N5O.HI/c1-3-16-15(18-9-14-10-19-20(2)11-14)17-7-4-8-21-12-13-5-6-13;/h10-11,13H,3-9,12H2,1-2H3,(H2,16,17,18);1H. The lowest BCUT2D eigenvalue weighted by Gasteiger charge is -2.11. The Bertz CT molecular complexity index is 445. The highest BCUT2D eigenvalue weighted by Gasteiger charge is 2.20. The number of rotatable bonds is 9. The number of ether oxygens (including phenoxy) is 1. The summed E-state index contributed by atoms with van der Waals surface area (Å²) in [6.07, 6.45) is 7.54. The van der Waals surface area contributed by atoms with E-state index in [9.17, 15) is 0 Å². The molecule has 1 aliphatic carbocycles.